The van der Waals surface area contributed by atoms with Crippen molar-refractivity contribution in [3.05, 3.63) is 46.6 Å². The number of benzene rings is 1. The monoisotopic (exact) mass is 302 g/mol. The van der Waals surface area contributed by atoms with Crippen molar-refractivity contribution in [2.45, 2.75) is 6.92 Å². The zero-order valence-corrected chi connectivity index (χ0v) is 11.3. The van der Waals surface area contributed by atoms with Crippen LogP contribution in [0.4, 0.5) is 5.69 Å². The van der Waals surface area contributed by atoms with Gasteiger partial charge in [0.05, 0.1) is 5.69 Å². The summed E-state index contributed by atoms with van der Waals surface area (Å²) in [6.07, 6.45) is 1.92. The van der Waals surface area contributed by atoms with Crippen molar-refractivity contribution in [1.82, 2.24) is 14.6 Å². The second kappa shape index (κ2) is 4.10. The summed E-state index contributed by atoms with van der Waals surface area (Å²) in [6, 6.07) is 9.97. The molecule has 0 fully saturated rings. The van der Waals surface area contributed by atoms with Gasteiger partial charge in [-0.2, -0.15) is 0 Å². The molecule has 18 heavy (non-hydrogen) atoms. The Morgan fingerprint density at radius 3 is 2.83 bits per heavy atom. The number of hydrogen-bond acceptors (Lipinski definition) is 3. The van der Waals surface area contributed by atoms with E-state index in [2.05, 4.69) is 45.2 Å². The van der Waals surface area contributed by atoms with Crippen LogP contribution in [0.25, 0.3) is 17.0 Å². The summed E-state index contributed by atoms with van der Waals surface area (Å²) in [4.78, 5) is 0. The lowest BCUT2D eigenvalue weighted by Crippen LogP contribution is -1.94. The van der Waals surface area contributed by atoms with E-state index in [-0.39, 0.29) is 0 Å². The zero-order valence-electron chi connectivity index (χ0n) is 9.76. The van der Waals surface area contributed by atoms with E-state index in [1.807, 2.05) is 28.8 Å². The molecule has 2 N–H and O–H groups in total. The van der Waals surface area contributed by atoms with Crippen molar-refractivity contribution in [2.75, 3.05) is 5.73 Å². The Balaban J connectivity index is 2.30. The minimum atomic E-state index is 0.607. The SMILES string of the molecule is Cc1cccc(-c2nnc3c(N)cc(Br)cn23)c1. The summed E-state index contributed by atoms with van der Waals surface area (Å²) in [5, 5.41) is 8.35. The smallest absolute Gasteiger partial charge is 0.184 e. The van der Waals surface area contributed by atoms with Gasteiger partial charge < -0.3 is 5.73 Å². The number of pyridine rings is 1. The number of rotatable bonds is 1. The summed E-state index contributed by atoms with van der Waals surface area (Å²) in [7, 11) is 0. The Morgan fingerprint density at radius 1 is 1.22 bits per heavy atom. The molecule has 0 bridgehead atoms. The van der Waals surface area contributed by atoms with Gasteiger partial charge in [0.25, 0.3) is 0 Å². The largest absolute Gasteiger partial charge is 0.396 e. The van der Waals surface area contributed by atoms with Crippen molar-refractivity contribution in [2.24, 2.45) is 0 Å². The van der Waals surface area contributed by atoms with Gasteiger partial charge in [0.15, 0.2) is 11.5 Å². The van der Waals surface area contributed by atoms with Crippen molar-refractivity contribution in [3.63, 3.8) is 0 Å². The van der Waals surface area contributed by atoms with E-state index in [0.717, 1.165) is 15.9 Å². The molecule has 0 aliphatic heterocycles. The first-order valence-corrected chi connectivity index (χ1v) is 6.31. The number of hydrogen-bond donors (Lipinski definition) is 1. The molecule has 0 aliphatic carbocycles. The Hall–Kier alpha value is -1.88. The van der Waals surface area contributed by atoms with Crippen molar-refractivity contribution >= 4 is 27.3 Å². The summed E-state index contributed by atoms with van der Waals surface area (Å²) in [6.45, 7) is 2.05. The number of halogens is 1. The summed E-state index contributed by atoms with van der Waals surface area (Å²) >= 11 is 3.43. The summed E-state index contributed by atoms with van der Waals surface area (Å²) in [5.41, 5.74) is 9.42. The lowest BCUT2D eigenvalue weighted by molar-refractivity contribution is 1.11. The molecule has 4 nitrogen and oxygen atoms in total. The minimum absolute atomic E-state index is 0.607. The molecule has 90 valence electrons. The molecule has 5 heteroatoms. The van der Waals surface area contributed by atoms with Crippen LogP contribution in [-0.2, 0) is 0 Å². The Bertz CT molecular complexity index is 733. The van der Waals surface area contributed by atoms with E-state index in [1.165, 1.54) is 5.56 Å². The predicted molar refractivity (Wildman–Crippen MR) is 75.3 cm³/mol. The number of anilines is 1. The number of aromatic nitrogens is 3. The highest BCUT2D eigenvalue weighted by Crippen LogP contribution is 2.24. The van der Waals surface area contributed by atoms with Gasteiger partial charge in [-0.3, -0.25) is 4.40 Å². The van der Waals surface area contributed by atoms with E-state index >= 15 is 0 Å². The minimum Gasteiger partial charge on any atom is -0.396 e. The molecule has 3 rings (SSSR count). The van der Waals surface area contributed by atoms with Crippen LogP contribution < -0.4 is 5.73 Å². The number of fused-ring (bicyclic) bond motifs is 1. The number of nitrogen functional groups attached to an aromatic ring is 1. The third kappa shape index (κ3) is 1.76. The lowest BCUT2D eigenvalue weighted by atomic mass is 10.1. The first-order valence-electron chi connectivity index (χ1n) is 5.52. The molecule has 0 radical (unpaired) electrons. The van der Waals surface area contributed by atoms with Gasteiger partial charge in [-0.15, -0.1) is 10.2 Å². The highest BCUT2D eigenvalue weighted by atomic mass is 79.9. The quantitative estimate of drug-likeness (QED) is 0.751. The standard InChI is InChI=1S/C13H11BrN4/c1-8-3-2-4-9(5-8)12-16-17-13-11(15)6-10(14)7-18(12)13/h2-7H,15H2,1H3. The average molecular weight is 303 g/mol. The number of nitrogens with two attached hydrogens (primary N) is 1. The van der Waals surface area contributed by atoms with Gasteiger partial charge in [-0.05, 0) is 35.0 Å². The zero-order chi connectivity index (χ0) is 12.7. The normalized spacial score (nSPS) is 11.0. The van der Waals surface area contributed by atoms with E-state index in [4.69, 9.17) is 5.73 Å². The molecule has 0 atom stereocenters. The molecule has 3 aromatic rings. The van der Waals surface area contributed by atoms with Crippen LogP contribution in [0.5, 0.6) is 0 Å². The second-order valence-electron chi connectivity index (χ2n) is 4.20. The van der Waals surface area contributed by atoms with Crippen LogP contribution in [0.2, 0.25) is 0 Å². The third-order valence-corrected chi connectivity index (χ3v) is 3.21. The van der Waals surface area contributed by atoms with Crippen LogP contribution in [0.15, 0.2) is 41.0 Å². The number of aryl methyl sites for hydroxylation is 1. The molecule has 0 spiro atoms. The van der Waals surface area contributed by atoms with E-state index in [9.17, 15) is 0 Å². The summed E-state index contributed by atoms with van der Waals surface area (Å²) < 4.78 is 2.80. The van der Waals surface area contributed by atoms with Gasteiger partial charge in [0.1, 0.15) is 0 Å². The first kappa shape index (κ1) is 11.2. The molecule has 0 aliphatic rings. The van der Waals surface area contributed by atoms with Crippen LogP contribution >= 0.6 is 15.9 Å². The van der Waals surface area contributed by atoms with E-state index in [1.54, 1.807) is 0 Å². The highest BCUT2D eigenvalue weighted by Gasteiger charge is 2.10. The fourth-order valence-electron chi connectivity index (χ4n) is 1.97. The second-order valence-corrected chi connectivity index (χ2v) is 5.12. The van der Waals surface area contributed by atoms with Gasteiger partial charge >= 0.3 is 0 Å². The van der Waals surface area contributed by atoms with Crippen molar-refractivity contribution in [1.29, 1.82) is 0 Å². The van der Waals surface area contributed by atoms with E-state index < -0.39 is 0 Å². The Morgan fingerprint density at radius 2 is 2.06 bits per heavy atom. The van der Waals surface area contributed by atoms with E-state index in [0.29, 0.717) is 11.3 Å². The fraction of sp³-hybridized carbons (Fsp3) is 0.0769. The fourth-order valence-corrected chi connectivity index (χ4v) is 2.42. The first-order chi connectivity index (χ1) is 8.65. The molecule has 1 aromatic carbocycles. The van der Waals surface area contributed by atoms with Crippen molar-refractivity contribution in [3.8, 4) is 11.4 Å². The maximum absolute atomic E-state index is 5.93. The average Bonchev–Trinajstić information content (AvgIpc) is 2.72. The van der Waals surface area contributed by atoms with Crippen LogP contribution in [-0.4, -0.2) is 14.6 Å². The maximum atomic E-state index is 5.93. The molecular weight excluding hydrogens is 292 g/mol. The predicted octanol–water partition coefficient (Wildman–Crippen LogP) is 3.05. The van der Waals surface area contributed by atoms with Crippen molar-refractivity contribution < 1.29 is 0 Å². The van der Waals surface area contributed by atoms with Gasteiger partial charge in [-0.25, -0.2) is 0 Å². The highest BCUT2D eigenvalue weighted by molar-refractivity contribution is 9.10. The van der Waals surface area contributed by atoms with Crippen LogP contribution in [0.3, 0.4) is 0 Å². The van der Waals surface area contributed by atoms with Crippen LogP contribution in [0.1, 0.15) is 5.56 Å². The van der Waals surface area contributed by atoms with Gasteiger partial charge in [0, 0.05) is 16.2 Å². The molecular formula is C13H11BrN4. The van der Waals surface area contributed by atoms with Crippen LogP contribution in [0, 0.1) is 6.92 Å². The van der Waals surface area contributed by atoms with Gasteiger partial charge in [-0.1, -0.05) is 23.8 Å². The Kier molecular flexibility index (Phi) is 2.56. The number of nitrogens with zero attached hydrogens (tertiary/aromatic N) is 3. The molecule has 0 saturated carbocycles. The molecule has 2 aromatic heterocycles. The lowest BCUT2D eigenvalue weighted by Gasteiger charge is -2.03. The maximum Gasteiger partial charge on any atom is 0.184 e. The topological polar surface area (TPSA) is 56.2 Å². The summed E-state index contributed by atoms with van der Waals surface area (Å²) in [5.74, 6) is 0.793. The Labute approximate surface area is 113 Å². The molecule has 0 saturated heterocycles. The molecule has 2 heterocycles. The molecule has 0 amide bonds. The third-order valence-electron chi connectivity index (χ3n) is 2.78. The molecule has 0 unspecified atom stereocenters. The van der Waals surface area contributed by atoms with Gasteiger partial charge in [0.2, 0.25) is 0 Å².